The molecule has 21 heteroatoms. The van der Waals surface area contributed by atoms with Gasteiger partial charge >= 0.3 is 26.2 Å². The second-order valence-corrected chi connectivity index (χ2v) is 12.8. The Balaban J connectivity index is 0.000000811. The Hall–Kier alpha value is -3.50. The SMILES string of the molecule is C1CCCC1.C1CCCC1.C[B-](c1c(F)c(F)c(F)c(F)c1F)(c1c(F)c(F)c(F)c(F)c1F)c1c(F)c(F)c(F)c(F)c1-c1c(F)c(F)c(F)c(F)c1F.[CH3-].[Zr+4]. The van der Waals surface area contributed by atoms with Crippen molar-refractivity contribution in [2.45, 2.75) is 71.0 Å². The molecule has 6 rings (SSSR count). The molecule has 0 heterocycles. The number of hydrogen-bond donors (Lipinski definition) is 0. The maximum atomic E-state index is 15.6. The summed E-state index contributed by atoms with van der Waals surface area (Å²) in [5.41, 5.74) is -14.6. The molecule has 0 atom stereocenters. The van der Waals surface area contributed by atoms with Gasteiger partial charge < -0.3 is 7.43 Å². The smallest absolute Gasteiger partial charge is 0.358 e. The van der Waals surface area contributed by atoms with Crippen LogP contribution in [-0.4, -0.2) is 6.15 Å². The van der Waals surface area contributed by atoms with Gasteiger partial charge in [0.15, 0.2) is 75.6 Å². The molecule has 0 nitrogen and oxygen atoms in total. The molecule has 0 aliphatic heterocycles. The Kier molecular flexibility index (Phi) is 17.0. The van der Waals surface area contributed by atoms with Gasteiger partial charge in [-0.05, 0) is 5.56 Å². The average Bonchev–Trinajstić information content (AvgIpc) is 3.95. The summed E-state index contributed by atoms with van der Waals surface area (Å²) >= 11 is 0. The molecule has 308 valence electrons. The van der Waals surface area contributed by atoms with E-state index in [-0.39, 0.29) is 33.6 Å². The van der Waals surface area contributed by atoms with Gasteiger partial charge in [-0.2, -0.15) is 12.3 Å². The summed E-state index contributed by atoms with van der Waals surface area (Å²) in [5.74, 6) is -61.2. The Labute approximate surface area is 331 Å². The molecule has 2 saturated carbocycles. The van der Waals surface area contributed by atoms with E-state index < -0.39 is 151 Å². The minimum Gasteiger partial charge on any atom is -0.358 e. The number of hydrogen-bond acceptors (Lipinski definition) is 0. The van der Waals surface area contributed by atoms with Crippen LogP contribution in [0, 0.1) is 118 Å². The minimum absolute atomic E-state index is 0. The molecular weight excluding hydrogens is 895 g/mol. The van der Waals surface area contributed by atoms with Crippen LogP contribution >= 0.6 is 0 Å². The molecule has 0 saturated heterocycles. The summed E-state index contributed by atoms with van der Waals surface area (Å²) in [4.78, 5) is 0. The van der Waals surface area contributed by atoms with Crippen molar-refractivity contribution < 1.29 is 110 Å². The van der Waals surface area contributed by atoms with Gasteiger partial charge in [0.1, 0.15) is 29.1 Å². The largest absolute Gasteiger partial charge is 4.00 e. The normalized spacial score (nSPS) is 13.7. The van der Waals surface area contributed by atoms with Crippen molar-refractivity contribution in [3.8, 4) is 11.1 Å². The van der Waals surface area contributed by atoms with Gasteiger partial charge in [-0.15, -0.1) is 10.9 Å². The summed E-state index contributed by atoms with van der Waals surface area (Å²) in [5, 5.41) is 0. The maximum Gasteiger partial charge on any atom is 4.00 e. The molecular formula is C36H26BF19Zr+2. The average molecular weight is 922 g/mol. The number of halogens is 19. The van der Waals surface area contributed by atoms with Crippen LogP contribution in [0.5, 0.6) is 0 Å². The maximum absolute atomic E-state index is 15.6. The predicted octanol–water partition coefficient (Wildman–Crippen LogP) is 11.4. The van der Waals surface area contributed by atoms with Gasteiger partial charge in [0, 0.05) is 0 Å². The van der Waals surface area contributed by atoms with Crippen molar-refractivity contribution in [3.05, 3.63) is 118 Å². The fraction of sp³-hybridized carbons (Fsp3) is 0.306. The molecule has 0 radical (unpaired) electrons. The quantitative estimate of drug-likeness (QED) is 0.0629. The first kappa shape index (κ1) is 49.6. The van der Waals surface area contributed by atoms with E-state index in [1.807, 2.05) is 0 Å². The third-order valence-electron chi connectivity index (χ3n) is 9.48. The molecule has 2 fully saturated rings. The molecule has 2 aliphatic carbocycles. The van der Waals surface area contributed by atoms with Gasteiger partial charge in [-0.25, -0.2) is 83.4 Å². The van der Waals surface area contributed by atoms with E-state index in [0.29, 0.717) is 0 Å². The van der Waals surface area contributed by atoms with E-state index in [1.54, 1.807) is 0 Å². The molecule has 57 heavy (non-hydrogen) atoms. The first-order chi connectivity index (χ1) is 25.7. The van der Waals surface area contributed by atoms with E-state index in [9.17, 15) is 57.1 Å². The molecule has 0 N–H and O–H groups in total. The third-order valence-corrected chi connectivity index (χ3v) is 9.48. The second kappa shape index (κ2) is 19.5. The van der Waals surface area contributed by atoms with Crippen LogP contribution in [-0.2, 0) is 26.2 Å². The zero-order chi connectivity index (χ0) is 41.4. The van der Waals surface area contributed by atoms with Crippen molar-refractivity contribution in [2.75, 3.05) is 0 Å². The summed E-state index contributed by atoms with van der Waals surface area (Å²) in [6.45, 7) is -0.429. The summed E-state index contributed by atoms with van der Waals surface area (Å²) in [6, 6.07) is 0. The molecule has 4 aromatic rings. The first-order valence-electron chi connectivity index (χ1n) is 16.3. The van der Waals surface area contributed by atoms with Crippen molar-refractivity contribution in [1.29, 1.82) is 0 Å². The Morgan fingerprint density at radius 2 is 0.404 bits per heavy atom. The van der Waals surface area contributed by atoms with Crippen LogP contribution in [0.2, 0.25) is 6.82 Å². The standard InChI is InChI=1S/C25H3BF19.2C5H10.CH3.Zr/c1-26(5-11(31)19(39)24(44)20(40)12(5)32,6-13(33)21(41)25(45)22(42)14(6)34)4-2(7(27)15(35)18(38)10(4)30)3-8(28)16(36)23(43)17(37)9(3)29;2*1-2-4-5-3-1;;/h1H3;2*1-5H2;1H3;/q-1;;;-1;+4. The predicted molar refractivity (Wildman–Crippen MR) is 167 cm³/mol. The van der Waals surface area contributed by atoms with Gasteiger partial charge in [-0.1, -0.05) is 64.2 Å². The van der Waals surface area contributed by atoms with E-state index in [0.717, 1.165) is 0 Å². The molecule has 4 aromatic carbocycles. The van der Waals surface area contributed by atoms with Crippen LogP contribution in [0.25, 0.3) is 11.1 Å². The molecule has 0 aromatic heterocycles. The van der Waals surface area contributed by atoms with E-state index in [2.05, 4.69) is 0 Å². The van der Waals surface area contributed by atoms with Crippen LogP contribution < -0.4 is 16.4 Å². The minimum atomic E-state index is -5.90. The van der Waals surface area contributed by atoms with Gasteiger partial charge in [0.2, 0.25) is 5.82 Å². The first-order valence-corrected chi connectivity index (χ1v) is 16.3. The van der Waals surface area contributed by atoms with Crippen LogP contribution in [0.1, 0.15) is 64.2 Å². The van der Waals surface area contributed by atoms with E-state index in [1.165, 1.54) is 64.2 Å². The summed E-state index contributed by atoms with van der Waals surface area (Å²) in [6.07, 6.45) is 9.10. The van der Waals surface area contributed by atoms with Crippen LogP contribution in [0.15, 0.2) is 0 Å². The Morgan fingerprint density at radius 3 is 0.632 bits per heavy atom. The second-order valence-electron chi connectivity index (χ2n) is 12.8. The van der Waals surface area contributed by atoms with Gasteiger partial charge in [0.25, 0.3) is 0 Å². The van der Waals surface area contributed by atoms with E-state index >= 15 is 26.3 Å². The topological polar surface area (TPSA) is 0 Å². The van der Waals surface area contributed by atoms with Crippen molar-refractivity contribution in [2.24, 2.45) is 0 Å². The van der Waals surface area contributed by atoms with Crippen molar-refractivity contribution in [3.63, 3.8) is 0 Å². The third kappa shape index (κ3) is 8.64. The van der Waals surface area contributed by atoms with Crippen LogP contribution in [0.4, 0.5) is 83.4 Å². The number of benzene rings is 4. The zero-order valence-corrected chi connectivity index (χ0v) is 31.8. The molecule has 2 aliphatic rings. The van der Waals surface area contributed by atoms with Crippen molar-refractivity contribution in [1.82, 2.24) is 0 Å². The fourth-order valence-corrected chi connectivity index (χ4v) is 6.72. The Morgan fingerprint density at radius 1 is 0.246 bits per heavy atom. The van der Waals surface area contributed by atoms with Gasteiger partial charge in [-0.3, -0.25) is 0 Å². The number of rotatable bonds is 4. The molecule has 0 spiro atoms. The fourth-order valence-electron chi connectivity index (χ4n) is 6.72. The Bertz CT molecular complexity index is 1970. The summed E-state index contributed by atoms with van der Waals surface area (Å²) < 4.78 is 277. The monoisotopic (exact) mass is 920 g/mol. The zero-order valence-electron chi connectivity index (χ0n) is 29.3. The summed E-state index contributed by atoms with van der Waals surface area (Å²) in [7, 11) is 0. The van der Waals surface area contributed by atoms with Gasteiger partial charge in [0.05, 0.1) is 11.7 Å². The van der Waals surface area contributed by atoms with Crippen molar-refractivity contribution >= 4 is 22.5 Å². The molecule has 0 bridgehead atoms. The van der Waals surface area contributed by atoms with E-state index in [4.69, 9.17) is 0 Å². The molecule has 0 amide bonds. The van der Waals surface area contributed by atoms with Crippen LogP contribution in [0.3, 0.4) is 0 Å². The molecule has 0 unspecified atom stereocenters.